The summed E-state index contributed by atoms with van der Waals surface area (Å²) in [7, 11) is 0. The molecule has 0 atom stereocenters. The van der Waals surface area contributed by atoms with Gasteiger partial charge < -0.3 is 0 Å². The van der Waals surface area contributed by atoms with Gasteiger partial charge in [0.15, 0.2) is 0 Å². The molecule has 0 amide bonds. The number of hydrogen-bond donors (Lipinski definition) is 0. The summed E-state index contributed by atoms with van der Waals surface area (Å²) in [6, 6.07) is 21.3. The minimum atomic E-state index is 0.853. The van der Waals surface area contributed by atoms with E-state index in [1.165, 1.54) is 30.9 Å². The Balaban J connectivity index is 2.10. The summed E-state index contributed by atoms with van der Waals surface area (Å²) in [5.41, 5.74) is 0. The molecule has 0 bridgehead atoms. The summed E-state index contributed by atoms with van der Waals surface area (Å²) < 4.78 is 3.66. The van der Waals surface area contributed by atoms with Crippen molar-refractivity contribution in [3.8, 4) is 0 Å². The molecule has 0 aliphatic rings. The lowest BCUT2D eigenvalue weighted by atomic mass is 10.0. The van der Waals surface area contributed by atoms with Gasteiger partial charge in [-0.1, -0.05) is 76.1 Å². The molecule has 0 saturated carbocycles. The van der Waals surface area contributed by atoms with Gasteiger partial charge in [0.05, 0.1) is 5.02 Å². The van der Waals surface area contributed by atoms with E-state index in [-0.39, 0.29) is 0 Å². The highest BCUT2D eigenvalue weighted by Gasteiger charge is 2.15. The van der Waals surface area contributed by atoms with Crippen molar-refractivity contribution in [1.29, 1.82) is 0 Å². The Morgan fingerprint density at radius 2 is 1.48 bits per heavy atom. The zero-order valence-corrected chi connectivity index (χ0v) is 15.1. The van der Waals surface area contributed by atoms with Gasteiger partial charge in [0.2, 0.25) is 0 Å². The number of hydrogen-bond acceptors (Lipinski definition) is 1. The summed E-state index contributed by atoms with van der Waals surface area (Å²) in [6.45, 7) is 0. The molecule has 4 aromatic carbocycles. The molecule has 110 valence electrons. The number of rotatable bonds is 0. The molecule has 0 spiro atoms. The topological polar surface area (TPSA) is 0 Å². The van der Waals surface area contributed by atoms with Crippen LogP contribution in [-0.2, 0) is 0 Å². The van der Waals surface area contributed by atoms with E-state index in [1.807, 2.05) is 17.4 Å². The van der Waals surface area contributed by atoms with E-state index in [0.29, 0.717) is 0 Å². The Morgan fingerprint density at radius 3 is 2.30 bits per heavy atom. The molecule has 0 unspecified atom stereocenters. The predicted molar refractivity (Wildman–Crippen MR) is 107 cm³/mol. The van der Waals surface area contributed by atoms with Crippen molar-refractivity contribution < 1.29 is 0 Å². The first-order valence-electron chi connectivity index (χ1n) is 7.35. The molecule has 0 nitrogen and oxygen atoms in total. The summed E-state index contributed by atoms with van der Waals surface area (Å²) >= 11 is 12.3. The van der Waals surface area contributed by atoms with Gasteiger partial charge in [0.25, 0.3) is 0 Å². The number of halogens is 2. The fraction of sp³-hybridized carbons (Fsp3) is 0. The van der Waals surface area contributed by atoms with Crippen LogP contribution in [0.2, 0.25) is 5.02 Å². The van der Waals surface area contributed by atoms with Crippen molar-refractivity contribution in [3.63, 3.8) is 0 Å². The maximum Gasteiger partial charge on any atom is 0.0577 e. The third-order valence-electron chi connectivity index (χ3n) is 4.38. The van der Waals surface area contributed by atoms with E-state index in [0.717, 1.165) is 20.3 Å². The van der Waals surface area contributed by atoms with Crippen LogP contribution in [-0.4, -0.2) is 0 Å². The lowest BCUT2D eigenvalue weighted by molar-refractivity contribution is 1.78. The molecule has 0 radical (unpaired) electrons. The van der Waals surface area contributed by atoms with Crippen LogP contribution in [0.15, 0.2) is 65.1 Å². The molecule has 0 fully saturated rings. The first kappa shape index (κ1) is 13.8. The van der Waals surface area contributed by atoms with E-state index in [1.54, 1.807) is 0 Å². The fourth-order valence-electron chi connectivity index (χ4n) is 3.32. The first-order valence-corrected chi connectivity index (χ1v) is 9.33. The average molecular weight is 398 g/mol. The highest BCUT2D eigenvalue weighted by atomic mass is 79.9. The normalized spacial score (nSPS) is 11.9. The number of thiophene rings is 1. The molecule has 5 aromatic rings. The molecular formula is C20H10BrClS. The fourth-order valence-corrected chi connectivity index (χ4v) is 5.61. The summed E-state index contributed by atoms with van der Waals surface area (Å²) in [5, 5.41) is 8.07. The van der Waals surface area contributed by atoms with Crippen molar-refractivity contribution >= 4 is 80.6 Å². The zero-order valence-electron chi connectivity index (χ0n) is 11.9. The van der Waals surface area contributed by atoms with Crippen LogP contribution >= 0.6 is 38.9 Å². The van der Waals surface area contributed by atoms with Gasteiger partial charge in [0.1, 0.15) is 0 Å². The van der Waals surface area contributed by atoms with Gasteiger partial charge in [-0.2, -0.15) is 0 Å². The Hall–Kier alpha value is -1.61. The van der Waals surface area contributed by atoms with Gasteiger partial charge >= 0.3 is 0 Å². The molecule has 0 aliphatic heterocycles. The molecule has 0 N–H and O–H groups in total. The summed E-state index contributed by atoms with van der Waals surface area (Å²) in [5.74, 6) is 0. The zero-order chi connectivity index (χ0) is 15.6. The summed E-state index contributed by atoms with van der Waals surface area (Å²) in [6.07, 6.45) is 0. The Morgan fingerprint density at radius 1 is 0.783 bits per heavy atom. The maximum absolute atomic E-state index is 6.79. The Labute approximate surface area is 150 Å². The lowest BCUT2D eigenvalue weighted by Crippen LogP contribution is -1.78. The SMILES string of the molecule is Clc1c2ccccc2cc2sc3c4ccccc4c(Br)cc3c12. The van der Waals surface area contributed by atoms with Crippen molar-refractivity contribution in [2.75, 3.05) is 0 Å². The van der Waals surface area contributed by atoms with E-state index in [2.05, 4.69) is 70.5 Å². The third kappa shape index (κ3) is 1.89. The molecule has 1 aromatic heterocycles. The quantitative estimate of drug-likeness (QED) is 0.250. The van der Waals surface area contributed by atoms with Gasteiger partial charge in [-0.05, 0) is 22.9 Å². The number of fused-ring (bicyclic) bond motifs is 6. The van der Waals surface area contributed by atoms with Gasteiger partial charge in [0, 0.05) is 35.4 Å². The second-order valence-corrected chi connectivity index (χ2v) is 7.95. The summed E-state index contributed by atoms with van der Waals surface area (Å²) in [4.78, 5) is 0. The Kier molecular flexibility index (Phi) is 2.96. The standard InChI is InChI=1S/C20H10BrClS/c21-16-10-15-18-17(9-11-5-1-2-6-12(11)19(18)22)23-20(15)14-8-4-3-7-13(14)16/h1-10H. The minimum absolute atomic E-state index is 0.853. The molecule has 3 heteroatoms. The van der Waals surface area contributed by atoms with E-state index >= 15 is 0 Å². The average Bonchev–Trinajstić information content (AvgIpc) is 2.94. The molecule has 0 aliphatic carbocycles. The molecular weight excluding hydrogens is 388 g/mol. The van der Waals surface area contributed by atoms with Gasteiger partial charge in [-0.15, -0.1) is 11.3 Å². The van der Waals surface area contributed by atoms with Crippen molar-refractivity contribution in [3.05, 3.63) is 70.2 Å². The van der Waals surface area contributed by atoms with Crippen LogP contribution in [0.4, 0.5) is 0 Å². The number of benzene rings is 4. The van der Waals surface area contributed by atoms with Crippen LogP contribution in [0.25, 0.3) is 41.7 Å². The highest BCUT2D eigenvalue weighted by Crippen LogP contribution is 2.45. The van der Waals surface area contributed by atoms with Crippen LogP contribution < -0.4 is 0 Å². The van der Waals surface area contributed by atoms with Crippen LogP contribution in [0.5, 0.6) is 0 Å². The Bertz CT molecular complexity index is 1240. The third-order valence-corrected chi connectivity index (χ3v) is 6.61. The van der Waals surface area contributed by atoms with Gasteiger partial charge in [-0.3, -0.25) is 0 Å². The van der Waals surface area contributed by atoms with Crippen molar-refractivity contribution in [1.82, 2.24) is 0 Å². The first-order chi connectivity index (χ1) is 11.2. The smallest absolute Gasteiger partial charge is 0.0577 e. The highest BCUT2D eigenvalue weighted by molar-refractivity contribution is 9.10. The monoisotopic (exact) mass is 396 g/mol. The van der Waals surface area contributed by atoms with Crippen LogP contribution in [0.3, 0.4) is 0 Å². The van der Waals surface area contributed by atoms with E-state index in [9.17, 15) is 0 Å². The maximum atomic E-state index is 6.79. The van der Waals surface area contributed by atoms with Crippen LogP contribution in [0.1, 0.15) is 0 Å². The molecule has 23 heavy (non-hydrogen) atoms. The predicted octanol–water partition coefficient (Wildman–Crippen LogP) is 7.78. The molecule has 5 rings (SSSR count). The second kappa shape index (κ2) is 4.94. The van der Waals surface area contributed by atoms with Gasteiger partial charge in [-0.25, -0.2) is 0 Å². The van der Waals surface area contributed by atoms with E-state index < -0.39 is 0 Å². The largest absolute Gasteiger partial charge is 0.134 e. The van der Waals surface area contributed by atoms with Crippen molar-refractivity contribution in [2.45, 2.75) is 0 Å². The van der Waals surface area contributed by atoms with Crippen molar-refractivity contribution in [2.24, 2.45) is 0 Å². The minimum Gasteiger partial charge on any atom is -0.134 e. The second-order valence-electron chi connectivity index (χ2n) is 5.67. The lowest BCUT2D eigenvalue weighted by Gasteiger charge is -2.04. The van der Waals surface area contributed by atoms with Crippen LogP contribution in [0, 0.1) is 0 Å². The molecule has 1 heterocycles. The van der Waals surface area contributed by atoms with E-state index in [4.69, 9.17) is 11.6 Å². The molecule has 0 saturated heterocycles.